The van der Waals surface area contributed by atoms with Crippen LogP contribution in [0.3, 0.4) is 0 Å². The van der Waals surface area contributed by atoms with Gasteiger partial charge < -0.3 is 4.74 Å². The Balaban J connectivity index is 1.87. The second-order valence-corrected chi connectivity index (χ2v) is 4.49. The zero-order chi connectivity index (χ0) is 10.8. The maximum atomic E-state index is 11.3. The van der Waals surface area contributed by atoms with Gasteiger partial charge in [0.1, 0.15) is 0 Å². The summed E-state index contributed by atoms with van der Waals surface area (Å²) in [6.07, 6.45) is 6.90. The molecular formula is C12H19NO2. The molecule has 0 bridgehead atoms. The largest absolute Gasteiger partial charge is 0.449 e. The van der Waals surface area contributed by atoms with Gasteiger partial charge in [0.15, 0.2) is 0 Å². The van der Waals surface area contributed by atoms with E-state index in [1.54, 1.807) is 4.90 Å². The van der Waals surface area contributed by atoms with Crippen molar-refractivity contribution in [3.63, 3.8) is 0 Å². The van der Waals surface area contributed by atoms with Crippen molar-refractivity contribution >= 4 is 6.09 Å². The Morgan fingerprint density at radius 2 is 2.33 bits per heavy atom. The first-order valence-electron chi connectivity index (χ1n) is 5.91. The van der Waals surface area contributed by atoms with Crippen LogP contribution in [0.5, 0.6) is 0 Å². The van der Waals surface area contributed by atoms with Gasteiger partial charge in [-0.15, -0.1) is 0 Å². The first-order chi connectivity index (χ1) is 7.25. The molecule has 1 amide bonds. The summed E-state index contributed by atoms with van der Waals surface area (Å²) in [4.78, 5) is 13.1. The predicted octanol–water partition coefficient (Wildman–Crippen LogP) is 2.92. The molecule has 0 aromatic heterocycles. The number of amides is 1. The Hall–Kier alpha value is -0.990. The fraction of sp³-hybridized carbons (Fsp3) is 0.750. The number of carbonyl (C=O) groups excluding carboxylic acids is 1. The first-order valence-corrected chi connectivity index (χ1v) is 5.91. The Labute approximate surface area is 91.1 Å². The Morgan fingerprint density at radius 3 is 3.00 bits per heavy atom. The monoisotopic (exact) mass is 209 g/mol. The van der Waals surface area contributed by atoms with E-state index in [-0.39, 0.29) is 6.09 Å². The molecule has 0 N–H and O–H groups in total. The summed E-state index contributed by atoms with van der Waals surface area (Å²) < 4.78 is 5.05. The molecule has 84 valence electrons. The van der Waals surface area contributed by atoms with Crippen molar-refractivity contribution in [2.24, 2.45) is 5.92 Å². The molecule has 0 aromatic carbocycles. The molecular weight excluding hydrogens is 190 g/mol. The van der Waals surface area contributed by atoms with Crippen molar-refractivity contribution in [3.05, 3.63) is 11.8 Å². The summed E-state index contributed by atoms with van der Waals surface area (Å²) in [6, 6.07) is 0.355. The van der Waals surface area contributed by atoms with E-state index in [0.717, 1.165) is 6.42 Å². The third kappa shape index (κ3) is 2.01. The summed E-state index contributed by atoms with van der Waals surface area (Å²) in [7, 11) is 0. The highest BCUT2D eigenvalue weighted by atomic mass is 16.6. The topological polar surface area (TPSA) is 29.3 Å². The summed E-state index contributed by atoms with van der Waals surface area (Å²) in [6.45, 7) is 4.91. The van der Waals surface area contributed by atoms with E-state index in [1.165, 1.54) is 25.0 Å². The number of carbonyl (C=O) groups is 1. The van der Waals surface area contributed by atoms with Crippen LogP contribution in [-0.2, 0) is 4.74 Å². The molecule has 0 saturated carbocycles. The van der Waals surface area contributed by atoms with Crippen LogP contribution in [0.15, 0.2) is 11.8 Å². The van der Waals surface area contributed by atoms with Crippen LogP contribution in [0.2, 0.25) is 0 Å². The first kappa shape index (κ1) is 10.5. The lowest BCUT2D eigenvalue weighted by atomic mass is 10.1. The second kappa shape index (κ2) is 4.25. The SMILES string of the molecule is CCCCCC=C1[C@@H]2[C@H](C)COC(=O)N12. The maximum absolute atomic E-state index is 11.3. The highest BCUT2D eigenvalue weighted by Crippen LogP contribution is 2.42. The highest BCUT2D eigenvalue weighted by Gasteiger charge is 2.52. The molecule has 2 atom stereocenters. The minimum atomic E-state index is -0.153. The van der Waals surface area contributed by atoms with Gasteiger partial charge in [0.25, 0.3) is 0 Å². The predicted molar refractivity (Wildman–Crippen MR) is 58.4 cm³/mol. The summed E-state index contributed by atoms with van der Waals surface area (Å²) in [5, 5.41) is 0. The molecule has 0 aromatic rings. The molecule has 0 unspecified atom stereocenters. The average molecular weight is 209 g/mol. The summed E-state index contributed by atoms with van der Waals surface area (Å²) in [5.41, 5.74) is 1.20. The van der Waals surface area contributed by atoms with Crippen molar-refractivity contribution in [3.8, 4) is 0 Å². The number of allylic oxidation sites excluding steroid dienone is 1. The van der Waals surface area contributed by atoms with Crippen LogP contribution >= 0.6 is 0 Å². The molecule has 2 aliphatic heterocycles. The fourth-order valence-electron chi connectivity index (χ4n) is 2.22. The molecule has 2 saturated heterocycles. The minimum absolute atomic E-state index is 0.153. The van der Waals surface area contributed by atoms with E-state index < -0.39 is 0 Å². The van der Waals surface area contributed by atoms with Gasteiger partial charge >= 0.3 is 6.09 Å². The van der Waals surface area contributed by atoms with Crippen LogP contribution < -0.4 is 0 Å². The molecule has 2 aliphatic rings. The standard InChI is InChI=1S/C12H19NO2/c1-3-4-5-6-7-10-11-9(2)8-15-12(14)13(10)11/h7,9,11H,3-6,8H2,1-2H3/t9-,11+,13?/m1/s1. The number of cyclic esters (lactones) is 1. The van der Waals surface area contributed by atoms with E-state index in [4.69, 9.17) is 4.74 Å². The van der Waals surface area contributed by atoms with Gasteiger partial charge in [-0.05, 0) is 12.8 Å². The van der Waals surface area contributed by atoms with E-state index in [9.17, 15) is 4.79 Å². The summed E-state index contributed by atoms with van der Waals surface area (Å²) >= 11 is 0. The van der Waals surface area contributed by atoms with E-state index in [2.05, 4.69) is 19.9 Å². The fourth-order valence-corrected chi connectivity index (χ4v) is 2.22. The Kier molecular flexibility index (Phi) is 2.98. The van der Waals surface area contributed by atoms with Crippen molar-refractivity contribution in [1.29, 1.82) is 0 Å². The molecule has 0 spiro atoms. The third-order valence-corrected chi connectivity index (χ3v) is 3.16. The molecule has 3 nitrogen and oxygen atoms in total. The minimum Gasteiger partial charge on any atom is -0.449 e. The number of unbranched alkanes of at least 4 members (excludes halogenated alkanes) is 3. The van der Waals surface area contributed by atoms with Crippen LogP contribution in [0.25, 0.3) is 0 Å². The summed E-state index contributed by atoms with van der Waals surface area (Å²) in [5.74, 6) is 0.458. The van der Waals surface area contributed by atoms with Crippen molar-refractivity contribution < 1.29 is 9.53 Å². The maximum Gasteiger partial charge on any atom is 0.414 e. The van der Waals surface area contributed by atoms with Gasteiger partial charge in [-0.3, -0.25) is 4.90 Å². The zero-order valence-corrected chi connectivity index (χ0v) is 9.53. The molecule has 2 fully saturated rings. The molecule has 0 radical (unpaired) electrons. The second-order valence-electron chi connectivity index (χ2n) is 4.49. The lowest BCUT2D eigenvalue weighted by Gasteiger charge is -2.16. The van der Waals surface area contributed by atoms with Crippen LogP contribution in [0, 0.1) is 5.92 Å². The van der Waals surface area contributed by atoms with Gasteiger partial charge in [0.2, 0.25) is 0 Å². The molecule has 0 aliphatic carbocycles. The number of fused-ring (bicyclic) bond motifs is 1. The quantitative estimate of drug-likeness (QED) is 0.526. The zero-order valence-electron chi connectivity index (χ0n) is 9.53. The number of rotatable bonds is 4. The van der Waals surface area contributed by atoms with Gasteiger partial charge in [0, 0.05) is 11.6 Å². The van der Waals surface area contributed by atoms with Crippen molar-refractivity contribution in [1.82, 2.24) is 4.90 Å². The van der Waals surface area contributed by atoms with Crippen LogP contribution in [0.1, 0.15) is 39.5 Å². The van der Waals surface area contributed by atoms with E-state index in [0.29, 0.717) is 18.6 Å². The Morgan fingerprint density at radius 1 is 1.53 bits per heavy atom. The van der Waals surface area contributed by atoms with Crippen molar-refractivity contribution in [2.45, 2.75) is 45.6 Å². The van der Waals surface area contributed by atoms with Gasteiger partial charge in [-0.25, -0.2) is 4.79 Å². The number of nitrogens with zero attached hydrogens (tertiary/aromatic N) is 1. The van der Waals surface area contributed by atoms with Gasteiger partial charge in [0.05, 0.1) is 12.6 Å². The number of hydrogen-bond acceptors (Lipinski definition) is 2. The molecule has 3 heteroatoms. The number of ether oxygens (including phenoxy) is 1. The normalized spacial score (nSPS) is 31.5. The van der Waals surface area contributed by atoms with Gasteiger partial charge in [-0.2, -0.15) is 0 Å². The number of hydrogen-bond donors (Lipinski definition) is 0. The highest BCUT2D eigenvalue weighted by molar-refractivity contribution is 5.77. The molecule has 2 rings (SSSR count). The van der Waals surface area contributed by atoms with E-state index >= 15 is 0 Å². The van der Waals surface area contributed by atoms with E-state index in [1.807, 2.05) is 0 Å². The lowest BCUT2D eigenvalue weighted by Crippen LogP contribution is -2.28. The molecule has 2 heterocycles. The lowest BCUT2D eigenvalue weighted by molar-refractivity contribution is 0.0882. The Bertz CT molecular complexity index is 285. The van der Waals surface area contributed by atoms with Gasteiger partial charge in [-0.1, -0.05) is 32.8 Å². The van der Waals surface area contributed by atoms with Crippen molar-refractivity contribution in [2.75, 3.05) is 6.61 Å². The van der Waals surface area contributed by atoms with Crippen LogP contribution in [-0.4, -0.2) is 23.6 Å². The third-order valence-electron chi connectivity index (χ3n) is 3.16. The molecule has 15 heavy (non-hydrogen) atoms. The smallest absolute Gasteiger partial charge is 0.414 e. The average Bonchev–Trinajstić information content (AvgIpc) is 2.94. The van der Waals surface area contributed by atoms with Crippen LogP contribution in [0.4, 0.5) is 4.79 Å².